The molecule has 1 rings (SSSR count). The van der Waals surface area contributed by atoms with Crippen molar-refractivity contribution in [3.63, 3.8) is 0 Å². The molecule has 1 heteroatoms. The zero-order valence-corrected chi connectivity index (χ0v) is 7.57. The summed E-state index contributed by atoms with van der Waals surface area (Å²) in [4.78, 5) is 0. The van der Waals surface area contributed by atoms with Gasteiger partial charge in [0.1, 0.15) is 0 Å². The molecule has 0 bridgehead atoms. The summed E-state index contributed by atoms with van der Waals surface area (Å²) in [6.07, 6.45) is 7.22. The van der Waals surface area contributed by atoms with Gasteiger partial charge in [0, 0.05) is 10.2 Å². The largest absolute Gasteiger partial charge is 0.0860 e. The molecule has 0 aliphatic heterocycles. The molecule has 0 fully saturated rings. The Hall–Kier alpha value is -0.303. The third kappa shape index (κ3) is 1.34. The van der Waals surface area contributed by atoms with Crippen LogP contribution in [-0.4, -0.2) is 10.2 Å². The minimum Gasteiger partial charge on any atom is -0.0860 e. The average Bonchev–Trinajstić information content (AvgIpc) is 1.64. The Morgan fingerprint density at radius 1 is 1.62 bits per heavy atom. The summed E-state index contributed by atoms with van der Waals surface area (Å²) in [5.41, 5.74) is 1.55. The van der Waals surface area contributed by atoms with Crippen LogP contribution in [-0.2, 0) is 0 Å². The van der Waals surface area contributed by atoms with E-state index in [4.69, 9.17) is 0 Å². The number of hydrogen-bond donors (Lipinski definition) is 0. The molecule has 1 aliphatic carbocycles. The SMILES string of the molecule is CC1=CC([SiH3])=CCC1. The van der Waals surface area contributed by atoms with Crippen LogP contribution in [0.3, 0.4) is 0 Å². The van der Waals surface area contributed by atoms with Crippen molar-refractivity contribution in [1.29, 1.82) is 0 Å². The normalized spacial score (nSPS) is 20.1. The van der Waals surface area contributed by atoms with Gasteiger partial charge in [-0.1, -0.05) is 22.9 Å². The topological polar surface area (TPSA) is 0 Å². The van der Waals surface area contributed by atoms with Gasteiger partial charge < -0.3 is 0 Å². The van der Waals surface area contributed by atoms with E-state index in [0.29, 0.717) is 0 Å². The van der Waals surface area contributed by atoms with Gasteiger partial charge in [0.05, 0.1) is 0 Å². The Kier molecular flexibility index (Phi) is 1.68. The van der Waals surface area contributed by atoms with Crippen molar-refractivity contribution in [2.45, 2.75) is 19.8 Å². The summed E-state index contributed by atoms with van der Waals surface area (Å²) in [6.45, 7) is 2.21. The van der Waals surface area contributed by atoms with Crippen molar-refractivity contribution in [3.8, 4) is 0 Å². The summed E-state index contributed by atoms with van der Waals surface area (Å²) >= 11 is 0. The van der Waals surface area contributed by atoms with Gasteiger partial charge >= 0.3 is 0 Å². The van der Waals surface area contributed by atoms with E-state index in [9.17, 15) is 0 Å². The molecule has 0 aromatic carbocycles. The first-order valence-electron chi connectivity index (χ1n) is 3.13. The fourth-order valence-corrected chi connectivity index (χ4v) is 1.83. The molecule has 8 heavy (non-hydrogen) atoms. The van der Waals surface area contributed by atoms with Crippen LogP contribution in [0.4, 0.5) is 0 Å². The van der Waals surface area contributed by atoms with Crippen LogP contribution in [0.25, 0.3) is 0 Å². The zero-order valence-electron chi connectivity index (χ0n) is 5.57. The van der Waals surface area contributed by atoms with E-state index in [1.54, 1.807) is 10.8 Å². The maximum absolute atomic E-state index is 2.35. The second-order valence-electron chi connectivity index (χ2n) is 2.48. The molecule has 0 radical (unpaired) electrons. The van der Waals surface area contributed by atoms with Gasteiger partial charge in [-0.3, -0.25) is 0 Å². The molecule has 44 valence electrons. The van der Waals surface area contributed by atoms with Gasteiger partial charge in [-0.25, -0.2) is 0 Å². The molecule has 0 spiro atoms. The highest BCUT2D eigenvalue weighted by molar-refractivity contribution is 6.23. The van der Waals surface area contributed by atoms with E-state index in [2.05, 4.69) is 19.1 Å². The molecule has 0 heterocycles. The van der Waals surface area contributed by atoms with E-state index in [1.807, 2.05) is 0 Å². The Morgan fingerprint density at radius 3 is 2.75 bits per heavy atom. The molecule has 0 saturated heterocycles. The van der Waals surface area contributed by atoms with E-state index < -0.39 is 0 Å². The maximum Gasteiger partial charge on any atom is 0.0380 e. The second kappa shape index (κ2) is 2.31. The van der Waals surface area contributed by atoms with Crippen LogP contribution in [0.5, 0.6) is 0 Å². The summed E-state index contributed by atoms with van der Waals surface area (Å²) < 4.78 is 0. The first kappa shape index (κ1) is 5.83. The molecule has 0 atom stereocenters. The van der Waals surface area contributed by atoms with E-state index in [-0.39, 0.29) is 0 Å². The van der Waals surface area contributed by atoms with E-state index >= 15 is 0 Å². The van der Waals surface area contributed by atoms with Gasteiger partial charge in [-0.15, -0.1) is 0 Å². The lowest BCUT2D eigenvalue weighted by Gasteiger charge is -2.04. The van der Waals surface area contributed by atoms with Crippen molar-refractivity contribution in [2.24, 2.45) is 0 Å². The van der Waals surface area contributed by atoms with Crippen molar-refractivity contribution in [3.05, 3.63) is 22.9 Å². The first-order chi connectivity index (χ1) is 3.79. The second-order valence-corrected chi connectivity index (χ2v) is 3.63. The smallest absolute Gasteiger partial charge is 0.0380 e. The predicted molar refractivity (Wildman–Crippen MR) is 41.0 cm³/mol. The van der Waals surface area contributed by atoms with Crippen LogP contribution < -0.4 is 0 Å². The number of hydrogen-bond acceptors (Lipinski definition) is 0. The van der Waals surface area contributed by atoms with Crippen LogP contribution >= 0.6 is 0 Å². The van der Waals surface area contributed by atoms with Crippen LogP contribution in [0.2, 0.25) is 0 Å². The molecule has 0 N–H and O–H groups in total. The van der Waals surface area contributed by atoms with Crippen molar-refractivity contribution < 1.29 is 0 Å². The molecule has 1 aliphatic rings. The van der Waals surface area contributed by atoms with Crippen molar-refractivity contribution in [1.82, 2.24) is 0 Å². The van der Waals surface area contributed by atoms with Crippen LogP contribution in [0, 0.1) is 0 Å². The lowest BCUT2D eigenvalue weighted by Crippen LogP contribution is -1.87. The zero-order chi connectivity index (χ0) is 5.98. The van der Waals surface area contributed by atoms with Crippen LogP contribution in [0.15, 0.2) is 22.9 Å². The molecular weight excluding hydrogens is 112 g/mol. The third-order valence-corrected chi connectivity index (χ3v) is 2.18. The summed E-state index contributed by atoms with van der Waals surface area (Å²) in [5, 5.41) is 1.56. The highest BCUT2D eigenvalue weighted by Gasteiger charge is 1.94. The van der Waals surface area contributed by atoms with Gasteiger partial charge in [-0.05, 0) is 19.8 Å². The first-order valence-corrected chi connectivity index (χ1v) is 4.13. The molecule has 0 amide bonds. The minimum atomic E-state index is 1.22. The minimum absolute atomic E-state index is 1.22. The van der Waals surface area contributed by atoms with Gasteiger partial charge in [0.2, 0.25) is 0 Å². The van der Waals surface area contributed by atoms with Gasteiger partial charge in [0.25, 0.3) is 0 Å². The Morgan fingerprint density at radius 2 is 2.38 bits per heavy atom. The fourth-order valence-electron chi connectivity index (χ4n) is 1.05. The van der Waals surface area contributed by atoms with Gasteiger partial charge in [-0.2, -0.15) is 0 Å². The number of rotatable bonds is 0. The van der Waals surface area contributed by atoms with Crippen molar-refractivity contribution >= 4 is 10.2 Å². The van der Waals surface area contributed by atoms with E-state index in [1.165, 1.54) is 23.1 Å². The molecule has 0 nitrogen and oxygen atoms in total. The molecule has 0 unspecified atom stereocenters. The lowest BCUT2D eigenvalue weighted by molar-refractivity contribution is 0.958. The van der Waals surface area contributed by atoms with Gasteiger partial charge in [0.15, 0.2) is 0 Å². The average molecular weight is 124 g/mol. The maximum atomic E-state index is 2.35. The molecular formula is C7H12Si. The monoisotopic (exact) mass is 124 g/mol. The quantitative estimate of drug-likeness (QED) is 0.422. The highest BCUT2D eigenvalue weighted by atomic mass is 28.1. The predicted octanol–water partition coefficient (Wildman–Crippen LogP) is 0.976. The molecule has 0 aromatic rings. The fraction of sp³-hybridized carbons (Fsp3) is 0.429. The Bertz CT molecular complexity index is 142. The molecule has 0 saturated carbocycles. The molecule has 0 aromatic heterocycles. The lowest BCUT2D eigenvalue weighted by atomic mass is 10.1. The van der Waals surface area contributed by atoms with Crippen molar-refractivity contribution in [2.75, 3.05) is 0 Å². The summed E-state index contributed by atoms with van der Waals surface area (Å²) in [5.74, 6) is 0. The summed E-state index contributed by atoms with van der Waals surface area (Å²) in [6, 6.07) is 0. The Labute approximate surface area is 53.7 Å². The summed E-state index contributed by atoms with van der Waals surface area (Å²) in [7, 11) is 1.22. The van der Waals surface area contributed by atoms with E-state index in [0.717, 1.165) is 0 Å². The standard InChI is InChI=1S/C7H12Si/c1-6-3-2-4-7(8)5-6/h4-5H,2-3H2,1,8H3. The third-order valence-electron chi connectivity index (χ3n) is 1.48. The highest BCUT2D eigenvalue weighted by Crippen LogP contribution is 2.13. The Balaban J connectivity index is 2.69. The van der Waals surface area contributed by atoms with Crippen LogP contribution in [0.1, 0.15) is 19.8 Å². The number of allylic oxidation sites excluding steroid dienone is 4.